The number of phosphoric acid groups is 1. The van der Waals surface area contributed by atoms with Crippen LogP contribution in [0.2, 0.25) is 5.02 Å². The average molecular weight is 707 g/mol. The van der Waals surface area contributed by atoms with Gasteiger partial charge in [-0.2, -0.15) is 10.2 Å². The molecule has 2 aromatic carbocycles. The van der Waals surface area contributed by atoms with Crippen LogP contribution >= 0.6 is 19.4 Å². The zero-order valence-electron chi connectivity index (χ0n) is 25.5. The lowest BCUT2D eigenvalue weighted by molar-refractivity contribution is -0.267. The Hall–Kier alpha value is -3.88. The molecule has 2 aliphatic heterocycles. The Balaban J connectivity index is 1.46. The third kappa shape index (κ3) is 8.04. The van der Waals surface area contributed by atoms with Gasteiger partial charge in [0.1, 0.15) is 23.4 Å². The summed E-state index contributed by atoms with van der Waals surface area (Å²) in [5.74, 6) is -3.04. The van der Waals surface area contributed by atoms with E-state index >= 15 is 0 Å². The number of benzene rings is 2. The molecule has 6 atom stereocenters. The summed E-state index contributed by atoms with van der Waals surface area (Å²) in [5, 5.41) is 33.9. The molecule has 0 radical (unpaired) electrons. The lowest BCUT2D eigenvalue weighted by atomic mass is 10.1. The minimum absolute atomic E-state index is 0.0282. The van der Waals surface area contributed by atoms with Gasteiger partial charge in [-0.1, -0.05) is 23.7 Å². The van der Waals surface area contributed by atoms with Crippen LogP contribution in [0.25, 0.3) is 0 Å². The number of hydrogen-bond acceptors (Lipinski definition) is 14. The fraction of sp³-hybridized carbons (Fsp3) is 0.400. The molecule has 3 N–H and O–H groups in total. The predicted octanol–water partition coefficient (Wildman–Crippen LogP) is 3.39. The fourth-order valence-electron chi connectivity index (χ4n) is 4.90. The van der Waals surface area contributed by atoms with Crippen molar-refractivity contribution >= 4 is 31.1 Å². The van der Waals surface area contributed by atoms with E-state index in [0.29, 0.717) is 25.2 Å². The number of nitrogens with one attached hydrogen (secondary N) is 1. The third-order valence-electron chi connectivity index (χ3n) is 7.25. The number of ether oxygens (including phenoxy) is 4. The van der Waals surface area contributed by atoms with E-state index in [2.05, 4.69) is 10.3 Å². The number of hydrogen-bond donors (Lipinski definition) is 3. The van der Waals surface area contributed by atoms with Crippen molar-refractivity contribution in [3.8, 4) is 17.6 Å². The van der Waals surface area contributed by atoms with Gasteiger partial charge in [0.25, 0.3) is 5.91 Å². The minimum Gasteiger partial charge on any atom is -0.497 e. The molecule has 0 bridgehead atoms. The summed E-state index contributed by atoms with van der Waals surface area (Å²) >= 11 is 6.20. The largest absolute Gasteiger partial charge is 0.532 e. The van der Waals surface area contributed by atoms with E-state index in [4.69, 9.17) is 49.4 Å². The second-order valence-corrected chi connectivity index (χ2v) is 12.4. The van der Waals surface area contributed by atoms with Gasteiger partial charge >= 0.3 is 13.5 Å². The number of aliphatic hydroxyl groups is 2. The topological polar surface area (TPSA) is 210 Å². The van der Waals surface area contributed by atoms with Gasteiger partial charge in [-0.3, -0.25) is 13.9 Å². The molecule has 2 fully saturated rings. The Morgan fingerprint density at radius 3 is 2.67 bits per heavy atom. The molecule has 1 aromatic heterocycles. The van der Waals surface area contributed by atoms with Crippen LogP contribution < -0.4 is 20.3 Å². The maximum absolute atomic E-state index is 14.1. The summed E-state index contributed by atoms with van der Waals surface area (Å²) in [6.45, 7) is -1.02. The second-order valence-electron chi connectivity index (χ2n) is 10.4. The Labute approximate surface area is 279 Å². The number of para-hydroxylation sites is 1. The van der Waals surface area contributed by atoms with Crippen molar-refractivity contribution < 1.29 is 52.1 Å². The maximum Gasteiger partial charge on any atom is 0.532 e. The number of nitrogens with zero attached hydrogens (tertiary/aromatic N) is 3. The number of nitriles is 1. The monoisotopic (exact) mass is 706 g/mol. The van der Waals surface area contributed by atoms with Crippen LogP contribution in [0.1, 0.15) is 35.8 Å². The Morgan fingerprint density at radius 1 is 1.25 bits per heavy atom. The van der Waals surface area contributed by atoms with Crippen LogP contribution in [-0.4, -0.2) is 76.9 Å². The molecule has 18 heteroatoms. The molecule has 256 valence electrons. The van der Waals surface area contributed by atoms with Gasteiger partial charge in [0, 0.05) is 24.8 Å². The summed E-state index contributed by atoms with van der Waals surface area (Å²) in [6, 6.07) is 15.3. The number of carbonyl (C=O) groups is 1. The summed E-state index contributed by atoms with van der Waals surface area (Å²) in [4.78, 5) is 30.0. The Kier molecular flexibility index (Phi) is 11.5. The summed E-state index contributed by atoms with van der Waals surface area (Å²) in [6.07, 6.45) is -3.87. The van der Waals surface area contributed by atoms with E-state index < -0.39 is 63.1 Å². The van der Waals surface area contributed by atoms with Gasteiger partial charge in [0.2, 0.25) is 5.79 Å². The van der Waals surface area contributed by atoms with Crippen molar-refractivity contribution in [3.05, 3.63) is 81.9 Å². The van der Waals surface area contributed by atoms with Crippen molar-refractivity contribution in [2.24, 2.45) is 0 Å². The Bertz CT molecular complexity index is 1730. The summed E-state index contributed by atoms with van der Waals surface area (Å²) in [7, 11) is -3.40. The van der Waals surface area contributed by atoms with Crippen LogP contribution in [-0.2, 0) is 27.8 Å². The first-order chi connectivity index (χ1) is 23.1. The zero-order chi connectivity index (χ0) is 34.3. The second kappa shape index (κ2) is 15.6. The standard InChI is InChI=1S/C30H32ClN4O12P/c1-41-20-11-9-19(10-12-20)27(37)33-24-13-15-35(29(38)34-24)28-26(45-25-8-4-16-42-25)30(39,23(18-36)44-28)47-48(40,43-17-5-14-32)46-22-7-3-2-6-21(22)31/h2-3,6-7,9-13,15,23,25-26,28,36,39H,4-5,8,16-18H2,1H3,(H,33,34,37,38)/t23-,25?,26+,28-,30+,48?/m1/s1. The molecule has 3 heterocycles. The summed E-state index contributed by atoms with van der Waals surface area (Å²) in [5.41, 5.74) is -0.672. The van der Waals surface area contributed by atoms with E-state index in [1.807, 2.05) is 6.07 Å². The quantitative estimate of drug-likeness (QED) is 0.125. The van der Waals surface area contributed by atoms with Gasteiger partial charge in [-0.25, -0.2) is 13.9 Å². The molecule has 2 aliphatic rings. The van der Waals surface area contributed by atoms with Crippen LogP contribution in [0.4, 0.5) is 5.82 Å². The predicted molar refractivity (Wildman–Crippen MR) is 166 cm³/mol. The molecule has 1 amide bonds. The normalized spacial score (nSPS) is 24.8. The van der Waals surface area contributed by atoms with Crippen LogP contribution in [0.3, 0.4) is 0 Å². The van der Waals surface area contributed by atoms with Crippen molar-refractivity contribution in [1.82, 2.24) is 9.55 Å². The van der Waals surface area contributed by atoms with Crippen molar-refractivity contribution in [3.63, 3.8) is 0 Å². The zero-order valence-corrected chi connectivity index (χ0v) is 27.1. The number of phosphoric ester groups is 1. The number of aliphatic hydroxyl groups excluding tert-OH is 1. The smallest absolute Gasteiger partial charge is 0.497 e. The molecule has 2 saturated heterocycles. The highest BCUT2D eigenvalue weighted by molar-refractivity contribution is 7.49. The number of aromatic nitrogens is 2. The van der Waals surface area contributed by atoms with Gasteiger partial charge in [0.05, 0.1) is 37.8 Å². The van der Waals surface area contributed by atoms with E-state index in [0.717, 1.165) is 4.57 Å². The molecule has 3 aromatic rings. The molecule has 48 heavy (non-hydrogen) atoms. The molecular weight excluding hydrogens is 675 g/mol. The highest BCUT2D eigenvalue weighted by atomic mass is 35.5. The third-order valence-corrected chi connectivity index (χ3v) is 9.00. The minimum atomic E-state index is -4.89. The Morgan fingerprint density at radius 2 is 2.02 bits per heavy atom. The fourth-order valence-corrected chi connectivity index (χ4v) is 6.57. The van der Waals surface area contributed by atoms with Crippen molar-refractivity contribution in [2.45, 2.75) is 49.8 Å². The number of amides is 1. The van der Waals surface area contributed by atoms with Crippen molar-refractivity contribution in [1.29, 1.82) is 5.26 Å². The first-order valence-corrected chi connectivity index (χ1v) is 16.5. The first-order valence-electron chi connectivity index (χ1n) is 14.7. The summed E-state index contributed by atoms with van der Waals surface area (Å²) < 4.78 is 54.2. The number of halogens is 1. The van der Waals surface area contributed by atoms with Crippen LogP contribution in [0, 0.1) is 11.3 Å². The van der Waals surface area contributed by atoms with E-state index in [1.54, 1.807) is 18.2 Å². The first kappa shape index (κ1) is 35.4. The molecule has 5 rings (SSSR count). The lowest BCUT2D eigenvalue weighted by Crippen LogP contribution is -2.53. The average Bonchev–Trinajstić information content (AvgIpc) is 3.68. The molecule has 0 spiro atoms. The van der Waals surface area contributed by atoms with Crippen LogP contribution in [0.5, 0.6) is 11.5 Å². The number of anilines is 1. The van der Waals surface area contributed by atoms with Crippen LogP contribution in [0.15, 0.2) is 65.6 Å². The van der Waals surface area contributed by atoms with E-state index in [9.17, 15) is 24.4 Å². The van der Waals surface area contributed by atoms with Crippen molar-refractivity contribution in [2.75, 3.05) is 32.2 Å². The van der Waals surface area contributed by atoms with Gasteiger partial charge in [-0.15, -0.1) is 0 Å². The molecular formula is C30H32ClN4O12P. The highest BCUT2D eigenvalue weighted by Crippen LogP contribution is 2.57. The van der Waals surface area contributed by atoms with Gasteiger partial charge in [-0.05, 0) is 48.9 Å². The maximum atomic E-state index is 14.1. The SMILES string of the molecule is COc1ccc(C(=O)Nc2ccn([C@@H]3O[C@H](CO)[C@](O)(OP(=O)(OCCC#N)Oc4ccccc4Cl)[C@H]3OC3CCCO3)c(=O)n2)cc1. The number of methoxy groups -OCH3 is 1. The molecule has 16 nitrogen and oxygen atoms in total. The number of rotatable bonds is 14. The lowest BCUT2D eigenvalue weighted by Gasteiger charge is -2.35. The van der Waals surface area contributed by atoms with E-state index in [-0.39, 0.29) is 28.6 Å². The van der Waals surface area contributed by atoms with E-state index in [1.165, 1.54) is 49.7 Å². The molecule has 0 saturated carbocycles. The number of carbonyl (C=O) groups excluding carboxylic acids is 1. The van der Waals surface area contributed by atoms with Gasteiger partial charge < -0.3 is 39.0 Å². The molecule has 0 aliphatic carbocycles. The van der Waals surface area contributed by atoms with Gasteiger partial charge in [0.15, 0.2) is 18.6 Å². The highest BCUT2D eigenvalue weighted by Gasteiger charge is 2.63. The molecule has 2 unspecified atom stereocenters.